The number of ether oxygens (including phenoxy) is 1. The molecule has 0 aromatic carbocycles. The van der Waals surface area contributed by atoms with Gasteiger partial charge in [-0.3, -0.25) is 4.68 Å². The predicted molar refractivity (Wildman–Crippen MR) is 67.9 cm³/mol. The molecule has 1 aliphatic carbocycles. The lowest BCUT2D eigenvalue weighted by Gasteiger charge is -2.04. The fourth-order valence-corrected chi connectivity index (χ4v) is 1.79. The molecule has 17 heavy (non-hydrogen) atoms. The van der Waals surface area contributed by atoms with E-state index in [9.17, 15) is 0 Å². The Hall–Kier alpha value is -0.870. The molecule has 2 rings (SSSR count). The third kappa shape index (κ3) is 5.33. The third-order valence-electron chi connectivity index (χ3n) is 3.04. The lowest BCUT2D eigenvalue weighted by atomic mass is 10.2. The minimum Gasteiger partial charge on any atom is -0.381 e. The maximum absolute atomic E-state index is 5.57. The van der Waals surface area contributed by atoms with Crippen molar-refractivity contribution in [3.63, 3.8) is 0 Å². The van der Waals surface area contributed by atoms with Crippen LogP contribution in [0.4, 0.5) is 0 Å². The van der Waals surface area contributed by atoms with Crippen LogP contribution >= 0.6 is 0 Å². The average molecular weight is 237 g/mol. The van der Waals surface area contributed by atoms with Crippen LogP contribution in [0.1, 0.15) is 24.8 Å². The van der Waals surface area contributed by atoms with E-state index in [1.54, 1.807) is 0 Å². The number of hydrogen-bond donors (Lipinski definition) is 1. The van der Waals surface area contributed by atoms with Crippen molar-refractivity contribution in [2.24, 2.45) is 13.0 Å². The SMILES string of the molecule is Cn1cc(CCNCCCOCC2CC2)cn1. The van der Waals surface area contributed by atoms with E-state index in [4.69, 9.17) is 4.74 Å². The van der Waals surface area contributed by atoms with Gasteiger partial charge in [-0.05, 0) is 50.3 Å². The Morgan fingerprint density at radius 1 is 1.47 bits per heavy atom. The van der Waals surface area contributed by atoms with Gasteiger partial charge < -0.3 is 10.1 Å². The second-order valence-electron chi connectivity index (χ2n) is 4.89. The summed E-state index contributed by atoms with van der Waals surface area (Å²) in [7, 11) is 1.95. The number of hydrogen-bond acceptors (Lipinski definition) is 3. The largest absolute Gasteiger partial charge is 0.381 e. The zero-order chi connectivity index (χ0) is 11.9. The Kier molecular flexibility index (Phi) is 5.01. The summed E-state index contributed by atoms with van der Waals surface area (Å²) in [5, 5.41) is 7.58. The normalized spacial score (nSPS) is 15.4. The first-order valence-corrected chi connectivity index (χ1v) is 6.60. The molecule has 0 aliphatic heterocycles. The van der Waals surface area contributed by atoms with Gasteiger partial charge >= 0.3 is 0 Å². The van der Waals surface area contributed by atoms with E-state index < -0.39 is 0 Å². The maximum atomic E-state index is 5.57. The van der Waals surface area contributed by atoms with Crippen molar-refractivity contribution in [1.82, 2.24) is 15.1 Å². The van der Waals surface area contributed by atoms with Crippen molar-refractivity contribution < 1.29 is 4.74 Å². The van der Waals surface area contributed by atoms with Gasteiger partial charge in [-0.1, -0.05) is 0 Å². The molecule has 1 saturated carbocycles. The van der Waals surface area contributed by atoms with Gasteiger partial charge in [-0.25, -0.2) is 0 Å². The molecule has 0 spiro atoms. The highest BCUT2D eigenvalue weighted by Crippen LogP contribution is 2.28. The molecule has 0 radical (unpaired) electrons. The van der Waals surface area contributed by atoms with Crippen molar-refractivity contribution in [2.45, 2.75) is 25.7 Å². The summed E-state index contributed by atoms with van der Waals surface area (Å²) < 4.78 is 7.42. The van der Waals surface area contributed by atoms with Crippen LogP contribution in [0.25, 0.3) is 0 Å². The van der Waals surface area contributed by atoms with Crippen molar-refractivity contribution in [3.8, 4) is 0 Å². The number of rotatable bonds is 9. The van der Waals surface area contributed by atoms with Crippen LogP contribution in [0.5, 0.6) is 0 Å². The molecule has 1 heterocycles. The molecule has 0 bridgehead atoms. The van der Waals surface area contributed by atoms with Crippen LogP contribution in [0.3, 0.4) is 0 Å². The molecule has 96 valence electrons. The van der Waals surface area contributed by atoms with Gasteiger partial charge in [0, 0.05) is 26.5 Å². The standard InChI is InChI=1S/C13H23N3O/c1-16-10-13(9-15-16)5-7-14-6-2-8-17-11-12-3-4-12/h9-10,12,14H,2-8,11H2,1H3. The van der Waals surface area contributed by atoms with Gasteiger partial charge in [-0.2, -0.15) is 5.10 Å². The van der Waals surface area contributed by atoms with Gasteiger partial charge in [0.2, 0.25) is 0 Å². The summed E-state index contributed by atoms with van der Waals surface area (Å²) in [6, 6.07) is 0. The summed E-state index contributed by atoms with van der Waals surface area (Å²) in [6.07, 6.45) is 8.92. The minimum atomic E-state index is 0.883. The lowest BCUT2D eigenvalue weighted by Crippen LogP contribution is -2.19. The molecular weight excluding hydrogens is 214 g/mol. The van der Waals surface area contributed by atoms with E-state index in [1.165, 1.54) is 18.4 Å². The second kappa shape index (κ2) is 6.77. The fraction of sp³-hybridized carbons (Fsp3) is 0.769. The molecule has 4 heteroatoms. The molecular formula is C13H23N3O. The Morgan fingerprint density at radius 3 is 3.06 bits per heavy atom. The number of nitrogens with zero attached hydrogens (tertiary/aromatic N) is 2. The number of aromatic nitrogens is 2. The van der Waals surface area contributed by atoms with Gasteiger partial charge in [0.1, 0.15) is 0 Å². The first kappa shape index (κ1) is 12.6. The minimum absolute atomic E-state index is 0.883. The Labute approximate surface area is 103 Å². The Balaban J connectivity index is 1.38. The molecule has 0 atom stereocenters. The number of aryl methyl sites for hydroxylation is 1. The van der Waals surface area contributed by atoms with Crippen molar-refractivity contribution >= 4 is 0 Å². The fourth-order valence-electron chi connectivity index (χ4n) is 1.79. The van der Waals surface area contributed by atoms with Crippen LogP contribution in [-0.2, 0) is 18.2 Å². The lowest BCUT2D eigenvalue weighted by molar-refractivity contribution is 0.122. The van der Waals surface area contributed by atoms with Crippen LogP contribution in [-0.4, -0.2) is 36.1 Å². The maximum Gasteiger partial charge on any atom is 0.0522 e. The summed E-state index contributed by atoms with van der Waals surface area (Å²) in [4.78, 5) is 0. The van der Waals surface area contributed by atoms with Crippen LogP contribution in [0.2, 0.25) is 0 Å². The van der Waals surface area contributed by atoms with Gasteiger partial charge in [0.25, 0.3) is 0 Å². The molecule has 1 aliphatic rings. The molecule has 0 saturated heterocycles. The molecule has 1 aromatic heterocycles. The van der Waals surface area contributed by atoms with E-state index in [2.05, 4.69) is 16.6 Å². The molecule has 1 N–H and O–H groups in total. The predicted octanol–water partition coefficient (Wildman–Crippen LogP) is 1.37. The van der Waals surface area contributed by atoms with E-state index in [0.717, 1.165) is 45.1 Å². The highest BCUT2D eigenvalue weighted by atomic mass is 16.5. The monoisotopic (exact) mass is 237 g/mol. The summed E-state index contributed by atoms with van der Waals surface area (Å²) >= 11 is 0. The van der Waals surface area contributed by atoms with E-state index >= 15 is 0 Å². The van der Waals surface area contributed by atoms with Gasteiger partial charge in [0.05, 0.1) is 6.20 Å². The Morgan fingerprint density at radius 2 is 2.35 bits per heavy atom. The molecule has 1 fully saturated rings. The summed E-state index contributed by atoms with van der Waals surface area (Å²) in [6.45, 7) is 3.95. The molecule has 0 unspecified atom stereocenters. The smallest absolute Gasteiger partial charge is 0.0522 e. The van der Waals surface area contributed by atoms with Crippen LogP contribution < -0.4 is 5.32 Å². The van der Waals surface area contributed by atoms with Crippen molar-refractivity contribution in [1.29, 1.82) is 0 Å². The highest BCUT2D eigenvalue weighted by molar-refractivity contribution is 5.03. The van der Waals surface area contributed by atoms with Gasteiger partial charge in [0.15, 0.2) is 0 Å². The number of nitrogens with one attached hydrogen (secondary N) is 1. The molecule has 1 aromatic rings. The van der Waals surface area contributed by atoms with Crippen LogP contribution in [0, 0.1) is 5.92 Å². The Bertz CT molecular complexity index is 320. The van der Waals surface area contributed by atoms with E-state index in [0.29, 0.717) is 0 Å². The second-order valence-corrected chi connectivity index (χ2v) is 4.89. The quantitative estimate of drug-likeness (QED) is 0.659. The topological polar surface area (TPSA) is 39.1 Å². The van der Waals surface area contributed by atoms with Crippen molar-refractivity contribution in [2.75, 3.05) is 26.3 Å². The average Bonchev–Trinajstić information content (AvgIpc) is 3.05. The zero-order valence-corrected chi connectivity index (χ0v) is 10.7. The van der Waals surface area contributed by atoms with Crippen LogP contribution in [0.15, 0.2) is 12.4 Å². The van der Waals surface area contributed by atoms with E-state index in [1.807, 2.05) is 17.9 Å². The van der Waals surface area contributed by atoms with Gasteiger partial charge in [-0.15, -0.1) is 0 Å². The molecule has 0 amide bonds. The third-order valence-corrected chi connectivity index (χ3v) is 3.04. The first-order chi connectivity index (χ1) is 8.34. The first-order valence-electron chi connectivity index (χ1n) is 6.60. The zero-order valence-electron chi connectivity index (χ0n) is 10.7. The summed E-state index contributed by atoms with van der Waals surface area (Å²) in [5.74, 6) is 0.883. The molecule has 4 nitrogen and oxygen atoms in total. The summed E-state index contributed by atoms with van der Waals surface area (Å²) in [5.41, 5.74) is 1.30. The van der Waals surface area contributed by atoms with Crippen molar-refractivity contribution in [3.05, 3.63) is 18.0 Å². The highest BCUT2D eigenvalue weighted by Gasteiger charge is 2.20. The van der Waals surface area contributed by atoms with E-state index in [-0.39, 0.29) is 0 Å².